The van der Waals surface area contributed by atoms with Crippen molar-refractivity contribution in [2.24, 2.45) is 5.41 Å². The van der Waals surface area contributed by atoms with Gasteiger partial charge >= 0.3 is 0 Å². The summed E-state index contributed by atoms with van der Waals surface area (Å²) in [5.74, 6) is -1.39. The van der Waals surface area contributed by atoms with E-state index in [0.29, 0.717) is 22.4 Å². The summed E-state index contributed by atoms with van der Waals surface area (Å²) in [6, 6.07) is 50.3. The van der Waals surface area contributed by atoms with E-state index in [0.717, 1.165) is 49.9 Å². The first-order valence-electron chi connectivity index (χ1n) is 20.0. The molecule has 273 valence electrons. The molecule has 0 saturated heterocycles. The Balaban J connectivity index is 0.000000240. The summed E-state index contributed by atoms with van der Waals surface area (Å²) < 4.78 is 40.8. The minimum atomic E-state index is -2.13. The summed E-state index contributed by atoms with van der Waals surface area (Å²) in [5.41, 5.74) is 9.88. The predicted octanol–water partition coefficient (Wildman–Crippen LogP) is 13.3. The van der Waals surface area contributed by atoms with Gasteiger partial charge in [0.05, 0.1) is 5.58 Å². The molecule has 0 saturated carbocycles. The van der Waals surface area contributed by atoms with Crippen LogP contribution < -0.4 is 0 Å². The third-order valence-corrected chi connectivity index (χ3v) is 9.58. The SMILES string of the molecule is [2H]C([2H])(c1ccnc(-c2[c-]ccc3c2oc2c(-c4cccc(-c5ccccc5)c4)cccc23)c1)[Si](C)(C)C.[2H]C([2H])(c1ccnc(-c2[c-]cccc2)c1)C(C)(C)C.[Ir]. The van der Waals surface area contributed by atoms with E-state index in [1.165, 1.54) is 5.56 Å². The molecule has 8 rings (SSSR count). The average molecular weight is 903 g/mol. The van der Waals surface area contributed by atoms with Crippen molar-refractivity contribution >= 4 is 30.0 Å². The fourth-order valence-corrected chi connectivity index (χ4v) is 7.42. The van der Waals surface area contributed by atoms with E-state index in [1.807, 2.05) is 95.0 Å². The molecular formula is C49H46IrN2OSi-2. The number of para-hydroxylation sites is 1. The first-order chi connectivity index (χ1) is 27.1. The minimum absolute atomic E-state index is 0. The van der Waals surface area contributed by atoms with E-state index in [2.05, 4.69) is 88.8 Å². The largest absolute Gasteiger partial charge is 0.500 e. The molecule has 3 aromatic heterocycles. The van der Waals surface area contributed by atoms with Crippen molar-refractivity contribution < 1.29 is 30.0 Å². The van der Waals surface area contributed by atoms with Crippen molar-refractivity contribution in [2.45, 2.75) is 52.8 Å². The summed E-state index contributed by atoms with van der Waals surface area (Å²) in [4.78, 5) is 8.92. The first kappa shape index (κ1) is 33.6. The third-order valence-electron chi connectivity index (χ3n) is 8.54. The number of fused-ring (bicyclic) bond motifs is 3. The number of rotatable bonds is 7. The molecule has 54 heavy (non-hydrogen) atoms. The van der Waals surface area contributed by atoms with Gasteiger partial charge in [-0.2, -0.15) is 0 Å². The Hall–Kier alpha value is -4.93. The van der Waals surface area contributed by atoms with Gasteiger partial charge in [0.2, 0.25) is 0 Å². The quantitative estimate of drug-likeness (QED) is 0.118. The molecule has 3 nitrogen and oxygen atoms in total. The summed E-state index contributed by atoms with van der Waals surface area (Å²) in [7, 11) is -2.13. The van der Waals surface area contributed by atoms with E-state index in [4.69, 9.17) is 9.90 Å². The monoisotopic (exact) mass is 903 g/mol. The van der Waals surface area contributed by atoms with Crippen LogP contribution in [0.5, 0.6) is 0 Å². The molecule has 1 radical (unpaired) electrons. The number of nitrogens with zero attached hydrogens (tertiary/aromatic N) is 2. The number of hydrogen-bond donors (Lipinski definition) is 0. The van der Waals surface area contributed by atoms with Crippen LogP contribution in [0.3, 0.4) is 0 Å². The van der Waals surface area contributed by atoms with Crippen molar-refractivity contribution in [3.05, 3.63) is 169 Å². The molecule has 5 aromatic carbocycles. The molecule has 3 heterocycles. The first-order valence-corrected chi connectivity index (χ1v) is 21.5. The topological polar surface area (TPSA) is 38.9 Å². The maximum absolute atomic E-state index is 8.80. The van der Waals surface area contributed by atoms with E-state index in [9.17, 15) is 0 Å². The van der Waals surface area contributed by atoms with Gasteiger partial charge in [-0.05, 0) is 64.1 Å². The van der Waals surface area contributed by atoms with Gasteiger partial charge in [-0.25, -0.2) is 0 Å². The maximum Gasteiger partial charge on any atom is 0.128 e. The van der Waals surface area contributed by atoms with Gasteiger partial charge in [-0.3, -0.25) is 0 Å². The summed E-state index contributed by atoms with van der Waals surface area (Å²) in [6.45, 7) is 11.9. The summed E-state index contributed by atoms with van der Waals surface area (Å²) in [6.07, 6.45) is 1.95. The van der Waals surface area contributed by atoms with Gasteiger partial charge in [0, 0.05) is 57.0 Å². The Morgan fingerprint density at radius 3 is 2.04 bits per heavy atom. The third kappa shape index (κ3) is 9.40. The molecule has 0 fully saturated rings. The molecule has 0 aliphatic rings. The smallest absolute Gasteiger partial charge is 0.128 e. The minimum Gasteiger partial charge on any atom is -0.500 e. The standard InChI is InChI=1S/C33H28NOSi.C16H18N.Ir/c1-36(2,3)22-23-18-19-34-31(20-23)30-17-9-16-29-28-15-8-14-27(32(28)35-33(29)30)26-13-7-12-25(21-26)24-10-5-4-6-11-24;1-16(2,3)12-13-9-10-17-15(11-13)14-7-5-4-6-8-14;/h4-16,18-21H,22H2,1-3H3;4-7,9-11H,12H2,1-3H3;/q2*-1;/i22D2;12D2;. The zero-order valence-electron chi connectivity index (χ0n) is 35.5. The van der Waals surface area contributed by atoms with Crippen LogP contribution in [0.2, 0.25) is 19.6 Å². The maximum atomic E-state index is 8.80. The van der Waals surface area contributed by atoms with Gasteiger partial charge in [-0.1, -0.05) is 141 Å². The predicted molar refractivity (Wildman–Crippen MR) is 225 cm³/mol. The Morgan fingerprint density at radius 1 is 0.630 bits per heavy atom. The van der Waals surface area contributed by atoms with Gasteiger partial charge in [0.1, 0.15) is 5.58 Å². The van der Waals surface area contributed by atoms with Crippen molar-refractivity contribution in [3.8, 4) is 44.8 Å². The number of pyridine rings is 2. The fraction of sp³-hybridized carbons (Fsp3) is 0.184. The molecule has 0 aliphatic carbocycles. The van der Waals surface area contributed by atoms with Crippen molar-refractivity contribution in [1.82, 2.24) is 9.97 Å². The molecular weight excluding hydrogens is 853 g/mol. The molecule has 0 N–H and O–H groups in total. The summed E-state index contributed by atoms with van der Waals surface area (Å²) >= 11 is 0. The van der Waals surface area contributed by atoms with Crippen LogP contribution in [0.25, 0.3) is 66.7 Å². The van der Waals surface area contributed by atoms with E-state index >= 15 is 0 Å². The van der Waals surface area contributed by atoms with Crippen LogP contribution in [0.1, 0.15) is 37.4 Å². The van der Waals surface area contributed by atoms with Crippen LogP contribution in [0, 0.1) is 17.5 Å². The molecule has 0 atom stereocenters. The van der Waals surface area contributed by atoms with Crippen molar-refractivity contribution in [2.75, 3.05) is 0 Å². The van der Waals surface area contributed by atoms with Crippen LogP contribution >= 0.6 is 0 Å². The Morgan fingerprint density at radius 2 is 1.30 bits per heavy atom. The van der Waals surface area contributed by atoms with Gasteiger partial charge in [0.25, 0.3) is 0 Å². The number of hydrogen-bond acceptors (Lipinski definition) is 3. The van der Waals surface area contributed by atoms with Crippen LogP contribution in [-0.2, 0) is 32.5 Å². The zero-order chi connectivity index (χ0) is 40.6. The number of aromatic nitrogens is 2. The van der Waals surface area contributed by atoms with Crippen molar-refractivity contribution in [1.29, 1.82) is 0 Å². The van der Waals surface area contributed by atoms with Crippen LogP contribution in [0.15, 0.2) is 150 Å². The number of benzene rings is 5. The van der Waals surface area contributed by atoms with E-state index in [1.54, 1.807) is 24.5 Å². The van der Waals surface area contributed by atoms with E-state index in [-0.39, 0.29) is 20.1 Å². The molecule has 5 heteroatoms. The van der Waals surface area contributed by atoms with Gasteiger partial charge in [0.15, 0.2) is 0 Å². The number of furan rings is 1. The van der Waals surface area contributed by atoms with Gasteiger partial charge < -0.3 is 14.4 Å². The van der Waals surface area contributed by atoms with Gasteiger partial charge in [-0.15, -0.1) is 54.1 Å². The fourth-order valence-electron chi connectivity index (χ4n) is 6.40. The Labute approximate surface area is 340 Å². The normalized spacial score (nSPS) is 13.1. The molecule has 0 spiro atoms. The molecule has 0 bridgehead atoms. The molecule has 8 aromatic rings. The second kappa shape index (κ2) is 16.6. The molecule has 0 amide bonds. The van der Waals surface area contributed by atoms with E-state index < -0.39 is 25.9 Å². The molecule has 0 unspecified atom stereocenters. The Kier molecular flexibility index (Phi) is 10.3. The zero-order valence-corrected chi connectivity index (χ0v) is 34.9. The second-order valence-corrected chi connectivity index (χ2v) is 20.0. The average Bonchev–Trinajstić information content (AvgIpc) is 3.60. The Bertz CT molecular complexity index is 2670. The second-order valence-electron chi connectivity index (χ2n) is 15.2. The van der Waals surface area contributed by atoms with Crippen LogP contribution in [-0.4, -0.2) is 18.0 Å². The van der Waals surface area contributed by atoms with Crippen LogP contribution in [0.4, 0.5) is 0 Å². The molecule has 0 aliphatic heterocycles. The summed E-state index contributed by atoms with van der Waals surface area (Å²) in [5, 5.41) is 2.03. The van der Waals surface area contributed by atoms with Crippen molar-refractivity contribution in [3.63, 3.8) is 0 Å².